The Morgan fingerprint density at radius 1 is 1.47 bits per heavy atom. The fraction of sp³-hybridized carbons (Fsp3) is 0.846. The van der Waals surface area contributed by atoms with E-state index in [1.165, 1.54) is 0 Å². The second-order valence-electron chi connectivity index (χ2n) is 6.23. The first-order valence-corrected chi connectivity index (χ1v) is 6.24. The number of amides is 1. The minimum atomic E-state index is -0.445. The normalized spacial score (nSPS) is 26.5. The van der Waals surface area contributed by atoms with E-state index >= 15 is 0 Å². The summed E-state index contributed by atoms with van der Waals surface area (Å²) in [5, 5.41) is 9.09. The van der Waals surface area contributed by atoms with Gasteiger partial charge in [0.05, 0.1) is 12.0 Å². The van der Waals surface area contributed by atoms with Crippen LogP contribution in [0.2, 0.25) is 0 Å². The number of ether oxygens (including phenoxy) is 1. The molecule has 2 rings (SSSR count). The van der Waals surface area contributed by atoms with Crippen LogP contribution in [0.1, 0.15) is 40.0 Å². The molecule has 0 aromatic rings. The van der Waals surface area contributed by atoms with E-state index in [4.69, 9.17) is 10.00 Å². The van der Waals surface area contributed by atoms with Crippen LogP contribution in [-0.2, 0) is 4.74 Å². The highest BCUT2D eigenvalue weighted by Gasteiger charge is 2.53. The number of hydrogen-bond donors (Lipinski definition) is 0. The number of nitrogens with zero attached hydrogens (tertiary/aromatic N) is 2. The molecule has 0 bridgehead atoms. The van der Waals surface area contributed by atoms with Crippen LogP contribution < -0.4 is 0 Å². The SMILES string of the molecule is CC(C)(C)OC(=O)N1CCC(C#N)C2(CC2)C1. The van der Waals surface area contributed by atoms with Gasteiger partial charge in [0, 0.05) is 18.5 Å². The van der Waals surface area contributed by atoms with Gasteiger partial charge in [-0.15, -0.1) is 0 Å². The minimum absolute atomic E-state index is 0.0872. The number of piperidine rings is 1. The molecule has 1 amide bonds. The lowest BCUT2D eigenvalue weighted by Crippen LogP contribution is -2.46. The number of carbonyl (C=O) groups excluding carboxylic acids is 1. The van der Waals surface area contributed by atoms with E-state index in [-0.39, 0.29) is 17.4 Å². The van der Waals surface area contributed by atoms with Crippen LogP contribution in [0, 0.1) is 22.7 Å². The molecule has 1 aliphatic heterocycles. The Balaban J connectivity index is 1.97. The van der Waals surface area contributed by atoms with Gasteiger partial charge in [-0.3, -0.25) is 0 Å². The van der Waals surface area contributed by atoms with Gasteiger partial charge in [0.2, 0.25) is 0 Å². The van der Waals surface area contributed by atoms with Crippen LogP contribution in [0.4, 0.5) is 4.79 Å². The van der Waals surface area contributed by atoms with Crippen molar-refractivity contribution >= 4 is 6.09 Å². The lowest BCUT2D eigenvalue weighted by molar-refractivity contribution is 0.0108. The Kier molecular flexibility index (Phi) is 2.81. The van der Waals surface area contributed by atoms with E-state index in [2.05, 4.69) is 6.07 Å². The monoisotopic (exact) mass is 236 g/mol. The molecule has 1 unspecified atom stereocenters. The molecule has 2 fully saturated rings. The third-order valence-corrected chi connectivity index (χ3v) is 3.63. The highest BCUT2D eigenvalue weighted by Crippen LogP contribution is 2.55. The van der Waals surface area contributed by atoms with Crippen molar-refractivity contribution in [3.05, 3.63) is 0 Å². The fourth-order valence-electron chi connectivity index (χ4n) is 2.51. The maximum atomic E-state index is 11.9. The van der Waals surface area contributed by atoms with Gasteiger partial charge in [0.15, 0.2) is 0 Å². The molecule has 1 aliphatic carbocycles. The summed E-state index contributed by atoms with van der Waals surface area (Å²) in [6.07, 6.45) is 2.70. The number of likely N-dealkylation sites (tertiary alicyclic amines) is 1. The summed E-state index contributed by atoms with van der Waals surface area (Å²) >= 11 is 0. The van der Waals surface area contributed by atoms with Crippen LogP contribution in [0.25, 0.3) is 0 Å². The van der Waals surface area contributed by atoms with Gasteiger partial charge in [-0.05, 0) is 40.0 Å². The Labute approximate surface area is 103 Å². The van der Waals surface area contributed by atoms with Crippen molar-refractivity contribution in [2.75, 3.05) is 13.1 Å². The Hall–Kier alpha value is -1.24. The Morgan fingerprint density at radius 3 is 2.59 bits per heavy atom. The predicted molar refractivity (Wildman–Crippen MR) is 63.2 cm³/mol. The van der Waals surface area contributed by atoms with E-state index in [0.29, 0.717) is 13.1 Å². The van der Waals surface area contributed by atoms with Crippen LogP contribution in [0.15, 0.2) is 0 Å². The number of nitriles is 1. The molecular formula is C13H20N2O2. The summed E-state index contributed by atoms with van der Waals surface area (Å²) in [6, 6.07) is 2.39. The first-order valence-electron chi connectivity index (χ1n) is 6.24. The third kappa shape index (κ3) is 2.54. The second-order valence-corrected chi connectivity index (χ2v) is 6.23. The molecule has 0 radical (unpaired) electrons. The number of carbonyl (C=O) groups is 1. The highest BCUT2D eigenvalue weighted by atomic mass is 16.6. The Morgan fingerprint density at radius 2 is 2.12 bits per heavy atom. The molecule has 1 spiro atoms. The summed E-state index contributed by atoms with van der Waals surface area (Å²) in [4.78, 5) is 13.7. The van der Waals surface area contributed by atoms with E-state index < -0.39 is 5.60 Å². The molecule has 0 N–H and O–H groups in total. The van der Waals surface area contributed by atoms with E-state index in [9.17, 15) is 4.79 Å². The maximum absolute atomic E-state index is 11.9. The van der Waals surface area contributed by atoms with Crippen molar-refractivity contribution in [3.8, 4) is 6.07 Å². The lowest BCUT2D eigenvalue weighted by Gasteiger charge is -2.36. The van der Waals surface area contributed by atoms with Crippen molar-refractivity contribution < 1.29 is 9.53 Å². The molecule has 1 saturated heterocycles. The van der Waals surface area contributed by atoms with Crippen molar-refractivity contribution in [3.63, 3.8) is 0 Å². The summed E-state index contributed by atoms with van der Waals surface area (Å²) in [6.45, 7) is 6.97. The first kappa shape index (κ1) is 12.2. The van der Waals surface area contributed by atoms with E-state index in [0.717, 1.165) is 19.3 Å². The van der Waals surface area contributed by atoms with Gasteiger partial charge in [0.1, 0.15) is 5.60 Å². The maximum Gasteiger partial charge on any atom is 0.410 e. The molecule has 2 aliphatic rings. The molecule has 1 heterocycles. The summed E-state index contributed by atoms with van der Waals surface area (Å²) in [7, 11) is 0. The standard InChI is InChI=1S/C13H20N2O2/c1-12(2,3)17-11(16)15-7-4-10(8-14)13(9-15)5-6-13/h10H,4-7,9H2,1-3H3. The van der Waals surface area contributed by atoms with Crippen LogP contribution in [-0.4, -0.2) is 29.7 Å². The highest BCUT2D eigenvalue weighted by molar-refractivity contribution is 5.68. The predicted octanol–water partition coefficient (Wildman–Crippen LogP) is 2.55. The quantitative estimate of drug-likeness (QED) is 0.649. The average molecular weight is 236 g/mol. The summed E-state index contributed by atoms with van der Waals surface area (Å²) < 4.78 is 5.37. The number of hydrogen-bond acceptors (Lipinski definition) is 3. The van der Waals surface area contributed by atoms with E-state index in [1.54, 1.807) is 4.90 Å². The summed E-state index contributed by atoms with van der Waals surface area (Å²) in [5.74, 6) is 0.126. The molecule has 0 aromatic carbocycles. The van der Waals surface area contributed by atoms with Gasteiger partial charge < -0.3 is 9.64 Å². The molecule has 17 heavy (non-hydrogen) atoms. The number of rotatable bonds is 0. The van der Waals surface area contributed by atoms with Gasteiger partial charge in [0.25, 0.3) is 0 Å². The van der Waals surface area contributed by atoms with Crippen LogP contribution in [0.3, 0.4) is 0 Å². The Bertz CT molecular complexity index is 361. The third-order valence-electron chi connectivity index (χ3n) is 3.63. The van der Waals surface area contributed by atoms with Crippen molar-refractivity contribution in [2.24, 2.45) is 11.3 Å². The van der Waals surface area contributed by atoms with Crippen LogP contribution >= 0.6 is 0 Å². The summed E-state index contributed by atoms with van der Waals surface area (Å²) in [5.41, 5.74) is -0.357. The van der Waals surface area contributed by atoms with Gasteiger partial charge in [-0.2, -0.15) is 5.26 Å². The zero-order valence-corrected chi connectivity index (χ0v) is 10.8. The molecule has 1 atom stereocenters. The molecule has 1 saturated carbocycles. The minimum Gasteiger partial charge on any atom is -0.444 e. The van der Waals surface area contributed by atoms with Gasteiger partial charge in [-0.1, -0.05) is 0 Å². The van der Waals surface area contributed by atoms with E-state index in [1.807, 2.05) is 20.8 Å². The fourth-order valence-corrected chi connectivity index (χ4v) is 2.51. The van der Waals surface area contributed by atoms with Crippen molar-refractivity contribution in [1.82, 2.24) is 4.90 Å². The van der Waals surface area contributed by atoms with Crippen LogP contribution in [0.5, 0.6) is 0 Å². The zero-order valence-electron chi connectivity index (χ0n) is 10.8. The smallest absolute Gasteiger partial charge is 0.410 e. The largest absolute Gasteiger partial charge is 0.444 e. The molecular weight excluding hydrogens is 216 g/mol. The second kappa shape index (κ2) is 3.90. The molecule has 94 valence electrons. The van der Waals surface area contributed by atoms with Crippen molar-refractivity contribution in [2.45, 2.75) is 45.6 Å². The molecule has 0 aromatic heterocycles. The molecule has 4 nitrogen and oxygen atoms in total. The van der Waals surface area contributed by atoms with Gasteiger partial charge >= 0.3 is 6.09 Å². The first-order chi connectivity index (χ1) is 7.86. The zero-order chi connectivity index (χ0) is 12.7. The average Bonchev–Trinajstić information content (AvgIpc) is 2.96. The van der Waals surface area contributed by atoms with Crippen molar-refractivity contribution in [1.29, 1.82) is 5.26 Å². The topological polar surface area (TPSA) is 53.3 Å². The van der Waals surface area contributed by atoms with Gasteiger partial charge in [-0.25, -0.2) is 4.79 Å². The molecule has 4 heteroatoms. The lowest BCUT2D eigenvalue weighted by atomic mass is 9.84.